The highest BCUT2D eigenvalue weighted by Gasteiger charge is 2.30. The Balaban J connectivity index is 2.32. The lowest BCUT2D eigenvalue weighted by Gasteiger charge is -2.38. The fourth-order valence-corrected chi connectivity index (χ4v) is 2.47. The molecule has 1 aliphatic carbocycles. The average Bonchev–Trinajstić information content (AvgIpc) is 2.28. The lowest BCUT2D eigenvalue weighted by atomic mass is 9.75. The molecule has 0 aromatic heterocycles. The smallest absolute Gasteiger partial charge is 0.236 e. The first-order chi connectivity index (χ1) is 7.96. The number of nitrogens with zero attached hydrogens (tertiary/aromatic N) is 1. The van der Waals surface area contributed by atoms with Crippen LogP contribution in [-0.4, -0.2) is 37.0 Å². The molecule has 1 fully saturated rings. The largest absolute Gasteiger partial charge is 0.342 e. The molecule has 0 aliphatic heterocycles. The molecule has 1 saturated carbocycles. The van der Waals surface area contributed by atoms with Gasteiger partial charge in [0, 0.05) is 13.1 Å². The molecule has 0 heterocycles. The molecule has 0 bridgehead atoms. The molecular formula is C14H28N2O. The third-order valence-electron chi connectivity index (χ3n) is 3.95. The van der Waals surface area contributed by atoms with Gasteiger partial charge in [0.15, 0.2) is 0 Å². The molecule has 1 N–H and O–H groups in total. The third-order valence-corrected chi connectivity index (χ3v) is 3.95. The van der Waals surface area contributed by atoms with E-state index in [0.29, 0.717) is 18.0 Å². The van der Waals surface area contributed by atoms with Gasteiger partial charge in [-0.15, -0.1) is 0 Å². The highest BCUT2D eigenvalue weighted by Crippen LogP contribution is 2.36. The molecule has 0 spiro atoms. The van der Waals surface area contributed by atoms with Gasteiger partial charge in [0.05, 0.1) is 6.54 Å². The first-order valence-corrected chi connectivity index (χ1v) is 6.92. The molecule has 0 radical (unpaired) electrons. The van der Waals surface area contributed by atoms with Gasteiger partial charge in [0.2, 0.25) is 5.91 Å². The van der Waals surface area contributed by atoms with E-state index in [1.54, 1.807) is 0 Å². The van der Waals surface area contributed by atoms with Crippen molar-refractivity contribution in [3.63, 3.8) is 0 Å². The molecule has 0 atom stereocenters. The Hall–Kier alpha value is -0.570. The van der Waals surface area contributed by atoms with Crippen LogP contribution in [0.5, 0.6) is 0 Å². The number of amides is 1. The fraction of sp³-hybridized carbons (Fsp3) is 0.929. The van der Waals surface area contributed by atoms with Crippen molar-refractivity contribution in [3.05, 3.63) is 0 Å². The van der Waals surface area contributed by atoms with E-state index in [-0.39, 0.29) is 5.91 Å². The van der Waals surface area contributed by atoms with Crippen LogP contribution in [0.1, 0.15) is 52.9 Å². The van der Waals surface area contributed by atoms with Crippen LogP contribution in [-0.2, 0) is 4.79 Å². The lowest BCUT2D eigenvalue weighted by molar-refractivity contribution is -0.132. The van der Waals surface area contributed by atoms with Gasteiger partial charge in [0.25, 0.3) is 0 Å². The van der Waals surface area contributed by atoms with Crippen LogP contribution >= 0.6 is 0 Å². The average molecular weight is 240 g/mol. The number of carbonyl (C=O) groups is 1. The van der Waals surface area contributed by atoms with E-state index in [9.17, 15) is 4.79 Å². The van der Waals surface area contributed by atoms with Crippen LogP contribution in [0.25, 0.3) is 0 Å². The predicted molar refractivity (Wildman–Crippen MR) is 72.0 cm³/mol. The molecular weight excluding hydrogens is 212 g/mol. The van der Waals surface area contributed by atoms with Gasteiger partial charge in [-0.3, -0.25) is 4.79 Å². The first kappa shape index (κ1) is 14.5. The minimum atomic E-state index is 0.239. The zero-order valence-electron chi connectivity index (χ0n) is 11.9. The van der Waals surface area contributed by atoms with Crippen LogP contribution in [0.3, 0.4) is 0 Å². The maximum atomic E-state index is 11.9. The molecule has 100 valence electrons. The highest BCUT2D eigenvalue weighted by atomic mass is 16.2. The van der Waals surface area contributed by atoms with Gasteiger partial charge in [-0.25, -0.2) is 0 Å². The van der Waals surface area contributed by atoms with Gasteiger partial charge in [-0.2, -0.15) is 0 Å². The fourth-order valence-electron chi connectivity index (χ4n) is 2.47. The van der Waals surface area contributed by atoms with E-state index < -0.39 is 0 Å². The zero-order chi connectivity index (χ0) is 12.9. The van der Waals surface area contributed by atoms with Crippen molar-refractivity contribution in [1.82, 2.24) is 10.2 Å². The zero-order valence-corrected chi connectivity index (χ0v) is 11.9. The second-order valence-electron chi connectivity index (χ2n) is 6.08. The molecule has 0 unspecified atom stereocenters. The summed E-state index contributed by atoms with van der Waals surface area (Å²) >= 11 is 0. The van der Waals surface area contributed by atoms with Gasteiger partial charge in [-0.05, 0) is 44.1 Å². The van der Waals surface area contributed by atoms with E-state index >= 15 is 0 Å². The summed E-state index contributed by atoms with van der Waals surface area (Å²) in [7, 11) is 1.96. The summed E-state index contributed by atoms with van der Waals surface area (Å²) < 4.78 is 0. The normalized spacial score (nSPS) is 20.2. The Bertz CT molecular complexity index is 241. The predicted octanol–water partition coefficient (Wildman–Crippen LogP) is 2.41. The van der Waals surface area contributed by atoms with Crippen molar-refractivity contribution < 1.29 is 4.79 Å². The molecule has 0 aromatic carbocycles. The molecule has 1 rings (SSSR count). The Labute approximate surface area is 106 Å². The van der Waals surface area contributed by atoms with E-state index in [2.05, 4.69) is 26.1 Å². The van der Waals surface area contributed by atoms with Crippen molar-refractivity contribution >= 4 is 5.91 Å². The van der Waals surface area contributed by atoms with Crippen LogP contribution < -0.4 is 5.32 Å². The van der Waals surface area contributed by atoms with Gasteiger partial charge >= 0.3 is 0 Å². The second kappa shape index (κ2) is 6.39. The van der Waals surface area contributed by atoms with Crippen molar-refractivity contribution in [3.8, 4) is 0 Å². The monoisotopic (exact) mass is 240 g/mol. The van der Waals surface area contributed by atoms with Crippen molar-refractivity contribution in [2.24, 2.45) is 5.41 Å². The van der Waals surface area contributed by atoms with E-state index in [0.717, 1.165) is 25.8 Å². The summed E-state index contributed by atoms with van der Waals surface area (Å²) in [5, 5.41) is 3.18. The number of carbonyl (C=O) groups excluding carboxylic acids is 1. The summed E-state index contributed by atoms with van der Waals surface area (Å²) in [5.74, 6) is 0.239. The van der Waals surface area contributed by atoms with Crippen LogP contribution in [0, 0.1) is 5.41 Å². The van der Waals surface area contributed by atoms with Gasteiger partial charge in [-0.1, -0.05) is 20.8 Å². The molecule has 17 heavy (non-hydrogen) atoms. The number of likely N-dealkylation sites (N-methyl/N-ethyl adjacent to an activating group) is 1. The maximum absolute atomic E-state index is 11.9. The number of hydrogen-bond acceptors (Lipinski definition) is 2. The van der Waals surface area contributed by atoms with E-state index in [1.807, 2.05) is 11.9 Å². The molecule has 3 heteroatoms. The summed E-state index contributed by atoms with van der Waals surface area (Å²) in [6, 6.07) is 0.457. The summed E-state index contributed by atoms with van der Waals surface area (Å²) in [5.41, 5.74) is 0.473. The van der Waals surface area contributed by atoms with Crippen molar-refractivity contribution in [1.29, 1.82) is 0 Å². The number of hydrogen-bond donors (Lipinski definition) is 1. The minimum Gasteiger partial charge on any atom is -0.342 e. The molecule has 1 aliphatic rings. The van der Waals surface area contributed by atoms with Gasteiger partial charge in [0.1, 0.15) is 0 Å². The van der Waals surface area contributed by atoms with Crippen LogP contribution in [0.2, 0.25) is 0 Å². The van der Waals surface area contributed by atoms with Crippen molar-refractivity contribution in [2.45, 2.75) is 58.9 Å². The Morgan fingerprint density at radius 2 is 1.94 bits per heavy atom. The van der Waals surface area contributed by atoms with Crippen LogP contribution in [0.4, 0.5) is 0 Å². The standard InChI is InChI=1S/C14H28N2O/c1-5-10-15-11-13(17)16(4)12-6-8-14(2,3)9-7-12/h12,15H,5-11H2,1-4H3. The Kier molecular flexibility index (Phi) is 5.44. The first-order valence-electron chi connectivity index (χ1n) is 6.92. The Morgan fingerprint density at radius 3 is 2.47 bits per heavy atom. The number of rotatable bonds is 5. The maximum Gasteiger partial charge on any atom is 0.236 e. The molecule has 1 amide bonds. The second-order valence-corrected chi connectivity index (χ2v) is 6.08. The third kappa shape index (κ3) is 4.66. The molecule has 0 aromatic rings. The SMILES string of the molecule is CCCNCC(=O)N(C)C1CCC(C)(C)CC1. The summed E-state index contributed by atoms with van der Waals surface area (Å²) in [6.07, 6.45) is 5.86. The lowest BCUT2D eigenvalue weighted by Crippen LogP contribution is -2.44. The van der Waals surface area contributed by atoms with Gasteiger partial charge < -0.3 is 10.2 Å². The minimum absolute atomic E-state index is 0.239. The quantitative estimate of drug-likeness (QED) is 0.749. The highest BCUT2D eigenvalue weighted by molar-refractivity contribution is 5.78. The Morgan fingerprint density at radius 1 is 1.35 bits per heavy atom. The van der Waals surface area contributed by atoms with Crippen molar-refractivity contribution in [2.75, 3.05) is 20.1 Å². The summed E-state index contributed by atoms with van der Waals surface area (Å²) in [6.45, 7) is 8.19. The molecule has 3 nitrogen and oxygen atoms in total. The topological polar surface area (TPSA) is 32.3 Å². The van der Waals surface area contributed by atoms with Crippen LogP contribution in [0.15, 0.2) is 0 Å². The van der Waals surface area contributed by atoms with E-state index in [1.165, 1.54) is 12.8 Å². The van der Waals surface area contributed by atoms with E-state index in [4.69, 9.17) is 0 Å². The molecule has 0 saturated heterocycles. The summed E-state index contributed by atoms with van der Waals surface area (Å²) in [4.78, 5) is 13.9. The number of nitrogens with one attached hydrogen (secondary N) is 1.